The highest BCUT2D eigenvalue weighted by atomic mass is 19.1. The zero-order chi connectivity index (χ0) is 29.3. The highest BCUT2D eigenvalue weighted by Gasteiger charge is 2.33. The number of nitrogens with zero attached hydrogens (tertiary/aromatic N) is 4. The van der Waals surface area contributed by atoms with E-state index in [1.54, 1.807) is 41.0 Å². The van der Waals surface area contributed by atoms with Crippen LogP contribution in [0.3, 0.4) is 0 Å². The molecule has 3 aromatic carbocycles. The van der Waals surface area contributed by atoms with Crippen LogP contribution in [0.5, 0.6) is 11.6 Å². The number of aryl methyl sites for hydroxylation is 1. The second kappa shape index (κ2) is 11.0. The lowest BCUT2D eigenvalue weighted by molar-refractivity contribution is 0.0140. The van der Waals surface area contributed by atoms with Crippen LogP contribution in [0.15, 0.2) is 66.7 Å². The highest BCUT2D eigenvalue weighted by molar-refractivity contribution is 6.10. The smallest absolute Gasteiger partial charge is 0.410 e. The molecule has 0 N–H and O–H groups in total. The van der Waals surface area contributed by atoms with Crippen LogP contribution >= 0.6 is 0 Å². The van der Waals surface area contributed by atoms with Crippen molar-refractivity contribution in [3.05, 3.63) is 89.2 Å². The van der Waals surface area contributed by atoms with E-state index in [9.17, 15) is 19.2 Å². The summed E-state index contributed by atoms with van der Waals surface area (Å²) in [6.45, 7) is 8.41. The fraction of sp³-hybridized carbons (Fsp3) is 0.281. The molecule has 1 aliphatic rings. The maximum absolute atomic E-state index is 14.3. The van der Waals surface area contributed by atoms with Gasteiger partial charge in [0.05, 0.1) is 17.1 Å². The largest absolute Gasteiger partial charge is 0.444 e. The van der Waals surface area contributed by atoms with Crippen molar-refractivity contribution in [2.75, 3.05) is 26.2 Å². The Hall–Kier alpha value is -4.84. The van der Waals surface area contributed by atoms with E-state index in [1.807, 2.05) is 55.7 Å². The van der Waals surface area contributed by atoms with E-state index in [0.29, 0.717) is 35.1 Å². The second-order valence-corrected chi connectivity index (χ2v) is 11.0. The number of nitriles is 1. The van der Waals surface area contributed by atoms with Gasteiger partial charge in [-0.15, -0.1) is 0 Å². The molecule has 0 aliphatic carbocycles. The first-order valence-electron chi connectivity index (χ1n) is 13.4. The molecule has 9 heteroatoms. The Balaban J connectivity index is 1.61. The van der Waals surface area contributed by atoms with Crippen LogP contribution in [-0.2, 0) is 4.74 Å². The molecule has 1 fully saturated rings. The summed E-state index contributed by atoms with van der Waals surface area (Å²) in [6, 6.07) is 21.0. The Labute approximate surface area is 238 Å². The Morgan fingerprint density at radius 3 is 2.27 bits per heavy atom. The van der Waals surface area contributed by atoms with Gasteiger partial charge >= 0.3 is 6.09 Å². The molecule has 210 valence electrons. The van der Waals surface area contributed by atoms with E-state index in [4.69, 9.17) is 9.47 Å². The number of hydrogen-bond acceptors (Lipinski definition) is 5. The number of benzene rings is 3. The van der Waals surface area contributed by atoms with E-state index in [-0.39, 0.29) is 36.2 Å². The number of hydrogen-bond donors (Lipinski definition) is 0. The summed E-state index contributed by atoms with van der Waals surface area (Å²) in [7, 11) is 0. The molecule has 5 rings (SSSR count). The molecule has 4 aromatic rings. The van der Waals surface area contributed by atoms with Crippen molar-refractivity contribution < 1.29 is 23.5 Å². The molecule has 1 aliphatic heterocycles. The van der Waals surface area contributed by atoms with Crippen molar-refractivity contribution >= 4 is 22.9 Å². The predicted molar refractivity (Wildman–Crippen MR) is 153 cm³/mol. The second-order valence-electron chi connectivity index (χ2n) is 11.0. The lowest BCUT2D eigenvalue weighted by atomic mass is 10.1. The minimum Gasteiger partial charge on any atom is -0.444 e. The van der Waals surface area contributed by atoms with Gasteiger partial charge in [0.1, 0.15) is 22.7 Å². The number of ether oxygens (including phenoxy) is 2. The van der Waals surface area contributed by atoms with Crippen LogP contribution < -0.4 is 4.74 Å². The third-order valence-corrected chi connectivity index (χ3v) is 6.86. The maximum Gasteiger partial charge on any atom is 0.410 e. The number of rotatable bonds is 4. The molecule has 41 heavy (non-hydrogen) atoms. The number of para-hydroxylation sites is 1. The minimum atomic E-state index is -0.622. The summed E-state index contributed by atoms with van der Waals surface area (Å²) in [5.41, 5.74) is 2.12. The maximum atomic E-state index is 14.3. The monoisotopic (exact) mass is 554 g/mol. The van der Waals surface area contributed by atoms with Crippen molar-refractivity contribution in [1.29, 1.82) is 5.26 Å². The molecule has 0 atom stereocenters. The van der Waals surface area contributed by atoms with Crippen molar-refractivity contribution in [2.45, 2.75) is 33.3 Å². The summed E-state index contributed by atoms with van der Waals surface area (Å²) >= 11 is 0. The van der Waals surface area contributed by atoms with Gasteiger partial charge in [0.25, 0.3) is 5.91 Å². The van der Waals surface area contributed by atoms with Gasteiger partial charge in [-0.3, -0.25) is 9.36 Å². The van der Waals surface area contributed by atoms with Crippen molar-refractivity contribution in [3.63, 3.8) is 0 Å². The SMILES string of the molecule is Cc1ccc(F)cc1Oc1c(C(=O)N2CCN(C(=O)OC(C)(C)C)CC2)c2cc(C#N)ccc2n1-c1ccccc1. The number of carbonyl (C=O) groups excluding carboxylic acids is 2. The van der Waals surface area contributed by atoms with E-state index in [2.05, 4.69) is 6.07 Å². The molecule has 2 amide bonds. The number of carbonyl (C=O) groups is 2. The first-order valence-corrected chi connectivity index (χ1v) is 13.4. The van der Waals surface area contributed by atoms with E-state index < -0.39 is 17.5 Å². The molecule has 0 spiro atoms. The lowest BCUT2D eigenvalue weighted by Crippen LogP contribution is -2.51. The van der Waals surface area contributed by atoms with Crippen LogP contribution in [0.2, 0.25) is 0 Å². The average Bonchev–Trinajstić information content (AvgIpc) is 3.27. The number of aromatic nitrogens is 1. The summed E-state index contributed by atoms with van der Waals surface area (Å²) in [5, 5.41) is 10.2. The van der Waals surface area contributed by atoms with E-state index in [1.165, 1.54) is 12.1 Å². The molecule has 0 bridgehead atoms. The van der Waals surface area contributed by atoms with Gasteiger partial charge in [0.15, 0.2) is 0 Å². The molecular formula is C32H31FN4O4. The van der Waals surface area contributed by atoms with Gasteiger partial charge in [-0.05, 0) is 69.7 Å². The van der Waals surface area contributed by atoms with Crippen molar-refractivity contribution in [2.24, 2.45) is 0 Å². The molecule has 0 unspecified atom stereocenters. The summed E-state index contributed by atoms with van der Waals surface area (Å²) < 4.78 is 28.0. The molecular weight excluding hydrogens is 523 g/mol. The lowest BCUT2D eigenvalue weighted by Gasteiger charge is -2.35. The predicted octanol–water partition coefficient (Wildman–Crippen LogP) is 6.43. The Bertz CT molecular complexity index is 1660. The van der Waals surface area contributed by atoms with Crippen molar-refractivity contribution in [1.82, 2.24) is 14.4 Å². The fourth-order valence-corrected chi connectivity index (χ4v) is 4.84. The van der Waals surface area contributed by atoms with Gasteiger partial charge in [0, 0.05) is 43.3 Å². The molecule has 0 saturated carbocycles. The third-order valence-electron chi connectivity index (χ3n) is 6.86. The standard InChI is InChI=1S/C32H31FN4O4/c1-21-10-12-23(33)19-27(21)40-30-28(29(38)35-14-16-36(17-15-35)31(39)41-32(2,3)4)25-18-22(20-34)11-13-26(25)37(30)24-8-6-5-7-9-24/h5-13,18-19H,14-17H2,1-4H3. The average molecular weight is 555 g/mol. The van der Waals surface area contributed by atoms with Crippen molar-refractivity contribution in [3.8, 4) is 23.4 Å². The van der Waals surface area contributed by atoms with Crippen LogP contribution in [0, 0.1) is 24.1 Å². The van der Waals surface area contributed by atoms with Gasteiger partial charge in [-0.2, -0.15) is 5.26 Å². The molecule has 2 heterocycles. The Kier molecular flexibility index (Phi) is 7.41. The van der Waals surface area contributed by atoms with Crippen LogP contribution in [0.4, 0.5) is 9.18 Å². The van der Waals surface area contributed by atoms with Crippen LogP contribution in [0.1, 0.15) is 42.3 Å². The zero-order valence-corrected chi connectivity index (χ0v) is 23.5. The quantitative estimate of drug-likeness (QED) is 0.290. The minimum absolute atomic E-state index is 0.217. The molecule has 1 aromatic heterocycles. The first kappa shape index (κ1) is 27.7. The van der Waals surface area contributed by atoms with Gasteiger partial charge in [-0.25, -0.2) is 9.18 Å². The van der Waals surface area contributed by atoms with Gasteiger partial charge < -0.3 is 19.3 Å². The molecule has 1 saturated heterocycles. The normalized spacial score (nSPS) is 13.7. The number of amides is 2. The van der Waals surface area contributed by atoms with Gasteiger partial charge in [-0.1, -0.05) is 24.3 Å². The van der Waals surface area contributed by atoms with Crippen LogP contribution in [-0.4, -0.2) is 58.1 Å². The topological polar surface area (TPSA) is 87.8 Å². The first-order chi connectivity index (χ1) is 19.6. The fourth-order valence-electron chi connectivity index (χ4n) is 4.84. The van der Waals surface area contributed by atoms with E-state index in [0.717, 1.165) is 5.69 Å². The van der Waals surface area contributed by atoms with E-state index >= 15 is 0 Å². The summed E-state index contributed by atoms with van der Waals surface area (Å²) in [5.74, 6) is -0.289. The number of piperazine rings is 1. The molecule has 0 radical (unpaired) electrons. The summed E-state index contributed by atoms with van der Waals surface area (Å²) in [6.07, 6.45) is -0.422. The highest BCUT2D eigenvalue weighted by Crippen LogP contribution is 2.40. The number of fused-ring (bicyclic) bond motifs is 1. The molecule has 8 nitrogen and oxygen atoms in total. The Morgan fingerprint density at radius 2 is 1.61 bits per heavy atom. The number of halogens is 1. The van der Waals surface area contributed by atoms with Crippen LogP contribution in [0.25, 0.3) is 16.6 Å². The summed E-state index contributed by atoms with van der Waals surface area (Å²) in [4.78, 5) is 30.1. The zero-order valence-electron chi connectivity index (χ0n) is 23.5. The third kappa shape index (κ3) is 5.73. The van der Waals surface area contributed by atoms with Gasteiger partial charge in [0.2, 0.25) is 5.88 Å². The Morgan fingerprint density at radius 1 is 0.927 bits per heavy atom.